The second-order valence-electron chi connectivity index (χ2n) is 4.43. The molecule has 1 aromatic heterocycles. The molecule has 2 aromatic rings. The van der Waals surface area contributed by atoms with Gasteiger partial charge in [-0.1, -0.05) is 19.1 Å². The molecule has 0 aliphatic rings. The molecule has 0 spiro atoms. The molecule has 2 rings (SSSR count). The molecule has 0 atom stereocenters. The van der Waals surface area contributed by atoms with Crippen LogP contribution in [0, 0.1) is 6.92 Å². The third-order valence-electron chi connectivity index (χ3n) is 3.13. The molecule has 0 fully saturated rings. The minimum Gasteiger partial charge on any atom is -0.465 e. The number of benzene rings is 1. The summed E-state index contributed by atoms with van der Waals surface area (Å²) in [5.41, 5.74) is 2.24. The second kappa shape index (κ2) is 5.74. The second-order valence-corrected chi connectivity index (χ2v) is 4.43. The van der Waals surface area contributed by atoms with Crippen molar-refractivity contribution in [1.82, 2.24) is 0 Å². The number of furan rings is 1. The van der Waals surface area contributed by atoms with E-state index in [1.54, 1.807) is 25.1 Å². The lowest BCUT2D eigenvalue weighted by Crippen LogP contribution is -2.00. The molecule has 0 aliphatic heterocycles. The highest BCUT2D eigenvalue weighted by atomic mass is 16.5. The van der Waals surface area contributed by atoms with Gasteiger partial charge in [-0.3, -0.25) is 4.79 Å². The van der Waals surface area contributed by atoms with E-state index in [2.05, 4.69) is 4.74 Å². The normalized spacial score (nSPS) is 10.3. The van der Waals surface area contributed by atoms with Gasteiger partial charge in [0.15, 0.2) is 11.5 Å². The van der Waals surface area contributed by atoms with E-state index < -0.39 is 0 Å². The van der Waals surface area contributed by atoms with Gasteiger partial charge in [0, 0.05) is 12.0 Å². The third kappa shape index (κ3) is 2.64. The average Bonchev–Trinajstić information content (AvgIpc) is 2.87. The molecule has 0 radical (unpaired) electrons. The van der Waals surface area contributed by atoms with Crippen molar-refractivity contribution in [3.8, 4) is 11.1 Å². The summed E-state index contributed by atoms with van der Waals surface area (Å²) in [6, 6.07) is 8.74. The summed E-state index contributed by atoms with van der Waals surface area (Å²) in [6.07, 6.45) is 0.410. The topological polar surface area (TPSA) is 56.5 Å². The summed E-state index contributed by atoms with van der Waals surface area (Å²) in [5.74, 6) is 0.664. The van der Waals surface area contributed by atoms with Gasteiger partial charge in [0.05, 0.1) is 12.7 Å². The first-order chi connectivity index (χ1) is 9.56. The fourth-order valence-electron chi connectivity index (χ4n) is 1.98. The van der Waals surface area contributed by atoms with Crippen LogP contribution in [0.2, 0.25) is 0 Å². The fraction of sp³-hybridized carbons (Fsp3) is 0.250. The van der Waals surface area contributed by atoms with Crippen molar-refractivity contribution in [1.29, 1.82) is 0 Å². The van der Waals surface area contributed by atoms with E-state index >= 15 is 0 Å². The Bertz CT molecular complexity index is 635. The van der Waals surface area contributed by atoms with E-state index in [0.29, 0.717) is 23.5 Å². The Balaban J connectivity index is 2.34. The number of esters is 1. The first kappa shape index (κ1) is 14.1. The van der Waals surface area contributed by atoms with E-state index in [-0.39, 0.29) is 11.8 Å². The molecule has 4 nitrogen and oxygen atoms in total. The van der Waals surface area contributed by atoms with Crippen molar-refractivity contribution < 1.29 is 18.7 Å². The molecule has 0 unspecified atom stereocenters. The highest BCUT2D eigenvalue weighted by Gasteiger charge is 2.14. The zero-order valence-electron chi connectivity index (χ0n) is 11.7. The molecule has 0 amide bonds. The SMILES string of the molecule is CCC(=O)c1cc(-c2ccc(C(=O)OC)cc2)c(C)o1. The van der Waals surface area contributed by atoms with Gasteiger partial charge in [0.1, 0.15) is 5.76 Å². The predicted molar refractivity (Wildman–Crippen MR) is 74.8 cm³/mol. The lowest BCUT2D eigenvalue weighted by Gasteiger charge is -2.01. The standard InChI is InChI=1S/C16H16O4/c1-4-14(17)15-9-13(10(2)20-15)11-5-7-12(8-6-11)16(18)19-3/h5-9H,4H2,1-3H3. The summed E-state index contributed by atoms with van der Waals surface area (Å²) in [7, 11) is 1.35. The summed E-state index contributed by atoms with van der Waals surface area (Å²) in [4.78, 5) is 23.0. The number of hydrogen-bond donors (Lipinski definition) is 0. The highest BCUT2D eigenvalue weighted by Crippen LogP contribution is 2.27. The lowest BCUT2D eigenvalue weighted by atomic mass is 10.0. The first-order valence-electron chi connectivity index (χ1n) is 6.39. The molecular weight excluding hydrogens is 256 g/mol. The lowest BCUT2D eigenvalue weighted by molar-refractivity contribution is 0.0600. The van der Waals surface area contributed by atoms with Crippen molar-refractivity contribution in [3.05, 3.63) is 47.4 Å². The molecule has 1 aromatic carbocycles. The maximum Gasteiger partial charge on any atom is 0.337 e. The Kier molecular flexibility index (Phi) is 4.03. The fourth-order valence-corrected chi connectivity index (χ4v) is 1.98. The van der Waals surface area contributed by atoms with Crippen molar-refractivity contribution in [2.45, 2.75) is 20.3 Å². The van der Waals surface area contributed by atoms with E-state index in [1.807, 2.05) is 19.1 Å². The number of hydrogen-bond acceptors (Lipinski definition) is 4. The Hall–Kier alpha value is -2.36. The minimum atomic E-state index is -0.373. The predicted octanol–water partition coefficient (Wildman–Crippen LogP) is 3.63. The van der Waals surface area contributed by atoms with Crippen LogP contribution in [0.5, 0.6) is 0 Å². The molecule has 0 aliphatic carbocycles. The largest absolute Gasteiger partial charge is 0.465 e. The van der Waals surface area contributed by atoms with Crippen molar-refractivity contribution >= 4 is 11.8 Å². The van der Waals surface area contributed by atoms with Gasteiger partial charge < -0.3 is 9.15 Å². The van der Waals surface area contributed by atoms with Gasteiger partial charge in [0.25, 0.3) is 0 Å². The van der Waals surface area contributed by atoms with Crippen molar-refractivity contribution in [2.24, 2.45) is 0 Å². The van der Waals surface area contributed by atoms with Gasteiger partial charge in [-0.2, -0.15) is 0 Å². The molecule has 104 valence electrons. The zero-order valence-corrected chi connectivity index (χ0v) is 11.7. The summed E-state index contributed by atoms with van der Waals surface area (Å²) in [5, 5.41) is 0. The van der Waals surface area contributed by atoms with Crippen LogP contribution < -0.4 is 0 Å². The third-order valence-corrected chi connectivity index (χ3v) is 3.13. The van der Waals surface area contributed by atoms with E-state index in [0.717, 1.165) is 11.1 Å². The number of aryl methyl sites for hydroxylation is 1. The van der Waals surface area contributed by atoms with Crippen LogP contribution in [0.4, 0.5) is 0 Å². The van der Waals surface area contributed by atoms with Crippen LogP contribution in [0.25, 0.3) is 11.1 Å². The van der Waals surface area contributed by atoms with Crippen molar-refractivity contribution in [3.63, 3.8) is 0 Å². The maximum atomic E-state index is 11.6. The van der Waals surface area contributed by atoms with Gasteiger partial charge in [-0.15, -0.1) is 0 Å². The van der Waals surface area contributed by atoms with Crippen LogP contribution in [-0.4, -0.2) is 18.9 Å². The number of carbonyl (C=O) groups excluding carboxylic acids is 2. The van der Waals surface area contributed by atoms with Crippen LogP contribution in [0.15, 0.2) is 34.7 Å². The molecule has 20 heavy (non-hydrogen) atoms. The van der Waals surface area contributed by atoms with Gasteiger partial charge in [-0.05, 0) is 30.7 Å². The monoisotopic (exact) mass is 272 g/mol. The molecule has 0 bridgehead atoms. The number of rotatable bonds is 4. The molecule has 4 heteroatoms. The van der Waals surface area contributed by atoms with Crippen LogP contribution in [-0.2, 0) is 4.74 Å². The Morgan fingerprint density at radius 1 is 1.20 bits per heavy atom. The zero-order chi connectivity index (χ0) is 14.7. The number of ketones is 1. The molecule has 0 saturated carbocycles. The van der Waals surface area contributed by atoms with Gasteiger partial charge >= 0.3 is 5.97 Å². The molecular formula is C16H16O4. The minimum absolute atomic E-state index is 0.0227. The number of methoxy groups -OCH3 is 1. The number of ether oxygens (including phenoxy) is 1. The van der Waals surface area contributed by atoms with Crippen molar-refractivity contribution in [2.75, 3.05) is 7.11 Å². The number of Topliss-reactive ketones (excluding diaryl/α,β-unsaturated/α-hetero) is 1. The highest BCUT2D eigenvalue weighted by molar-refractivity contribution is 5.95. The summed E-state index contributed by atoms with van der Waals surface area (Å²) >= 11 is 0. The molecule has 0 saturated heterocycles. The molecule has 0 N–H and O–H groups in total. The average molecular weight is 272 g/mol. The first-order valence-corrected chi connectivity index (χ1v) is 6.39. The maximum absolute atomic E-state index is 11.6. The van der Waals surface area contributed by atoms with Gasteiger partial charge in [0.2, 0.25) is 0 Å². The quantitative estimate of drug-likeness (QED) is 0.630. The van der Waals surface area contributed by atoms with Crippen LogP contribution in [0.3, 0.4) is 0 Å². The van der Waals surface area contributed by atoms with Gasteiger partial charge in [-0.25, -0.2) is 4.79 Å². The van der Waals surface area contributed by atoms with E-state index in [9.17, 15) is 9.59 Å². The van der Waals surface area contributed by atoms with Crippen LogP contribution in [0.1, 0.15) is 40.0 Å². The van der Waals surface area contributed by atoms with E-state index in [1.165, 1.54) is 7.11 Å². The Labute approximate surface area is 117 Å². The van der Waals surface area contributed by atoms with Crippen LogP contribution >= 0.6 is 0 Å². The van der Waals surface area contributed by atoms with E-state index in [4.69, 9.17) is 4.42 Å². The Morgan fingerprint density at radius 2 is 1.85 bits per heavy atom. The smallest absolute Gasteiger partial charge is 0.337 e. The summed E-state index contributed by atoms with van der Waals surface area (Å²) in [6.45, 7) is 3.61. The summed E-state index contributed by atoms with van der Waals surface area (Å²) < 4.78 is 10.1. The Morgan fingerprint density at radius 3 is 2.40 bits per heavy atom. The molecule has 1 heterocycles. The number of carbonyl (C=O) groups is 2.